The van der Waals surface area contributed by atoms with Crippen molar-refractivity contribution in [2.75, 3.05) is 0 Å². The van der Waals surface area contributed by atoms with Gasteiger partial charge in [-0.25, -0.2) is 4.79 Å². The molecule has 0 radical (unpaired) electrons. The van der Waals surface area contributed by atoms with Gasteiger partial charge in [0.05, 0.1) is 0 Å². The molecule has 0 aliphatic heterocycles. The van der Waals surface area contributed by atoms with Crippen LogP contribution < -0.4 is 4.74 Å². The lowest BCUT2D eigenvalue weighted by Gasteiger charge is -2.09. The van der Waals surface area contributed by atoms with Gasteiger partial charge in [-0.05, 0) is 31.2 Å². The van der Waals surface area contributed by atoms with Gasteiger partial charge < -0.3 is 9.84 Å². The molecular weight excluding hydrogens is 192 g/mol. The van der Waals surface area contributed by atoms with Crippen molar-refractivity contribution in [2.45, 2.75) is 13.0 Å². The lowest BCUT2D eigenvalue weighted by atomic mass is 10.3. The van der Waals surface area contributed by atoms with Crippen LogP contribution >= 0.6 is 11.6 Å². The number of carbonyl (C=O) groups is 1. The van der Waals surface area contributed by atoms with E-state index in [0.29, 0.717) is 10.8 Å². The first-order chi connectivity index (χ1) is 6.09. The lowest BCUT2D eigenvalue weighted by molar-refractivity contribution is -0.144. The standard InChI is InChI=1S/C9H9ClO3/c1-6(9(11)12)13-8-4-2-7(10)3-5-8/h2-6H,1H3,(H,11,12)/t6-/m1/s1. The number of ether oxygens (including phenoxy) is 1. The molecule has 70 valence electrons. The Morgan fingerprint density at radius 1 is 1.46 bits per heavy atom. The summed E-state index contributed by atoms with van der Waals surface area (Å²) in [4.78, 5) is 10.4. The van der Waals surface area contributed by atoms with Gasteiger partial charge in [-0.3, -0.25) is 0 Å². The molecule has 1 rings (SSSR count). The Labute approximate surface area is 80.9 Å². The maximum Gasteiger partial charge on any atom is 0.344 e. The molecule has 0 spiro atoms. The van der Waals surface area contributed by atoms with Crippen LogP contribution in [-0.2, 0) is 4.79 Å². The zero-order chi connectivity index (χ0) is 9.84. The molecule has 0 unspecified atom stereocenters. The van der Waals surface area contributed by atoms with E-state index in [9.17, 15) is 4.79 Å². The fraction of sp³-hybridized carbons (Fsp3) is 0.222. The fourth-order valence-electron chi connectivity index (χ4n) is 0.768. The van der Waals surface area contributed by atoms with Crippen molar-refractivity contribution in [2.24, 2.45) is 0 Å². The number of aliphatic carboxylic acids is 1. The Morgan fingerprint density at radius 3 is 2.46 bits per heavy atom. The van der Waals surface area contributed by atoms with E-state index in [1.54, 1.807) is 24.3 Å². The molecule has 1 atom stereocenters. The van der Waals surface area contributed by atoms with Gasteiger partial charge in [0.15, 0.2) is 6.10 Å². The second kappa shape index (κ2) is 4.14. The number of halogens is 1. The molecule has 1 N–H and O–H groups in total. The zero-order valence-corrected chi connectivity index (χ0v) is 7.78. The summed E-state index contributed by atoms with van der Waals surface area (Å²) in [6, 6.07) is 6.54. The van der Waals surface area contributed by atoms with Crippen LogP contribution in [0, 0.1) is 0 Å². The number of rotatable bonds is 3. The van der Waals surface area contributed by atoms with E-state index in [-0.39, 0.29) is 0 Å². The van der Waals surface area contributed by atoms with Gasteiger partial charge in [-0.1, -0.05) is 11.6 Å². The molecule has 0 bridgehead atoms. The molecule has 4 heteroatoms. The molecular formula is C9H9ClO3. The number of benzene rings is 1. The maximum atomic E-state index is 10.4. The highest BCUT2D eigenvalue weighted by Gasteiger charge is 2.11. The summed E-state index contributed by atoms with van der Waals surface area (Å²) in [5.41, 5.74) is 0. The average Bonchev–Trinajstić information content (AvgIpc) is 2.08. The molecule has 0 heterocycles. The Kier molecular flexibility index (Phi) is 3.14. The smallest absolute Gasteiger partial charge is 0.344 e. The number of carboxylic acid groups (broad SMARTS) is 1. The van der Waals surface area contributed by atoms with E-state index >= 15 is 0 Å². The predicted octanol–water partition coefficient (Wildman–Crippen LogP) is 2.19. The second-order valence-electron chi connectivity index (χ2n) is 2.55. The molecule has 0 aliphatic carbocycles. The fourth-order valence-corrected chi connectivity index (χ4v) is 0.894. The van der Waals surface area contributed by atoms with Gasteiger partial charge in [0, 0.05) is 5.02 Å². The third-order valence-corrected chi connectivity index (χ3v) is 1.73. The molecule has 0 fully saturated rings. The molecule has 3 nitrogen and oxygen atoms in total. The third kappa shape index (κ3) is 2.95. The van der Waals surface area contributed by atoms with Crippen LogP contribution in [-0.4, -0.2) is 17.2 Å². The highest BCUT2D eigenvalue weighted by atomic mass is 35.5. The van der Waals surface area contributed by atoms with E-state index in [2.05, 4.69) is 0 Å². The largest absolute Gasteiger partial charge is 0.479 e. The Hall–Kier alpha value is -1.22. The topological polar surface area (TPSA) is 46.5 Å². The summed E-state index contributed by atoms with van der Waals surface area (Å²) in [6.45, 7) is 1.47. The SMILES string of the molecule is C[C@@H](Oc1ccc(Cl)cc1)C(=O)O. The van der Waals surface area contributed by atoms with Crippen LogP contribution in [0.3, 0.4) is 0 Å². The van der Waals surface area contributed by atoms with Crippen molar-refractivity contribution in [3.63, 3.8) is 0 Å². The summed E-state index contributed by atoms with van der Waals surface area (Å²) in [5, 5.41) is 9.14. The monoisotopic (exact) mass is 200 g/mol. The van der Waals surface area contributed by atoms with Gasteiger partial charge in [0.25, 0.3) is 0 Å². The normalized spacial score (nSPS) is 12.2. The molecule has 1 aromatic rings. The van der Waals surface area contributed by atoms with E-state index in [1.807, 2.05) is 0 Å². The third-order valence-electron chi connectivity index (χ3n) is 1.47. The minimum absolute atomic E-state index is 0.499. The maximum absolute atomic E-state index is 10.4. The van der Waals surface area contributed by atoms with Gasteiger partial charge in [0.2, 0.25) is 0 Å². The first-order valence-electron chi connectivity index (χ1n) is 3.74. The summed E-state index contributed by atoms with van der Waals surface area (Å²) in [7, 11) is 0. The van der Waals surface area contributed by atoms with Crippen LogP contribution in [0.1, 0.15) is 6.92 Å². The van der Waals surface area contributed by atoms with Gasteiger partial charge >= 0.3 is 5.97 Å². The molecule has 1 aromatic carbocycles. The average molecular weight is 201 g/mol. The summed E-state index contributed by atoms with van der Waals surface area (Å²) in [6.07, 6.45) is -0.846. The van der Waals surface area contributed by atoms with E-state index in [0.717, 1.165) is 0 Å². The van der Waals surface area contributed by atoms with E-state index in [1.165, 1.54) is 6.92 Å². The van der Waals surface area contributed by atoms with E-state index in [4.69, 9.17) is 21.4 Å². The second-order valence-corrected chi connectivity index (χ2v) is 2.99. The summed E-state index contributed by atoms with van der Waals surface area (Å²) >= 11 is 5.64. The first-order valence-corrected chi connectivity index (χ1v) is 4.12. The molecule has 13 heavy (non-hydrogen) atoms. The lowest BCUT2D eigenvalue weighted by Crippen LogP contribution is -2.22. The Bertz CT molecular complexity index is 294. The van der Waals surface area contributed by atoms with Crippen molar-refractivity contribution in [3.05, 3.63) is 29.3 Å². The van der Waals surface area contributed by atoms with Crippen LogP contribution in [0.15, 0.2) is 24.3 Å². The van der Waals surface area contributed by atoms with E-state index < -0.39 is 12.1 Å². The Balaban J connectivity index is 2.64. The predicted molar refractivity (Wildman–Crippen MR) is 49.2 cm³/mol. The number of carboxylic acids is 1. The zero-order valence-electron chi connectivity index (χ0n) is 7.03. The quantitative estimate of drug-likeness (QED) is 0.814. The highest BCUT2D eigenvalue weighted by molar-refractivity contribution is 6.30. The van der Waals surface area contributed by atoms with Crippen molar-refractivity contribution in [1.29, 1.82) is 0 Å². The molecule has 0 aliphatic rings. The van der Waals surface area contributed by atoms with Crippen molar-refractivity contribution in [1.82, 2.24) is 0 Å². The molecule has 0 amide bonds. The van der Waals surface area contributed by atoms with Crippen LogP contribution in [0.5, 0.6) is 5.75 Å². The summed E-state index contributed by atoms with van der Waals surface area (Å²) in [5.74, 6) is -0.491. The van der Waals surface area contributed by atoms with Crippen LogP contribution in [0.2, 0.25) is 5.02 Å². The Morgan fingerprint density at radius 2 is 2.00 bits per heavy atom. The number of hydrogen-bond acceptors (Lipinski definition) is 2. The number of hydrogen-bond donors (Lipinski definition) is 1. The molecule has 0 aromatic heterocycles. The minimum atomic E-state index is -0.991. The first kappa shape index (κ1) is 9.86. The van der Waals surface area contributed by atoms with Crippen molar-refractivity contribution >= 4 is 17.6 Å². The van der Waals surface area contributed by atoms with Crippen molar-refractivity contribution in [3.8, 4) is 5.75 Å². The molecule has 0 saturated heterocycles. The van der Waals surface area contributed by atoms with Crippen molar-refractivity contribution < 1.29 is 14.6 Å². The van der Waals surface area contributed by atoms with Gasteiger partial charge in [-0.15, -0.1) is 0 Å². The van der Waals surface area contributed by atoms with Crippen LogP contribution in [0.25, 0.3) is 0 Å². The minimum Gasteiger partial charge on any atom is -0.479 e. The van der Waals surface area contributed by atoms with Crippen LogP contribution in [0.4, 0.5) is 0 Å². The highest BCUT2D eigenvalue weighted by Crippen LogP contribution is 2.16. The van der Waals surface area contributed by atoms with Gasteiger partial charge in [-0.2, -0.15) is 0 Å². The van der Waals surface area contributed by atoms with Gasteiger partial charge in [0.1, 0.15) is 5.75 Å². The summed E-state index contributed by atoms with van der Waals surface area (Å²) < 4.78 is 5.07. The molecule has 0 saturated carbocycles.